The summed E-state index contributed by atoms with van der Waals surface area (Å²) < 4.78 is 0. The van der Waals surface area contributed by atoms with E-state index in [1.807, 2.05) is 0 Å². The van der Waals surface area contributed by atoms with Crippen LogP contribution in [0, 0.1) is 0 Å². The molecule has 0 aliphatic heterocycles. The normalized spacial score (nSPS) is 10.2. The van der Waals surface area contributed by atoms with Crippen molar-refractivity contribution < 1.29 is 14.7 Å². The molecule has 1 rings (SSSR count). The van der Waals surface area contributed by atoms with Gasteiger partial charge >= 0.3 is 5.97 Å². The predicted octanol–water partition coefficient (Wildman–Crippen LogP) is 0.722. The minimum Gasteiger partial charge on any atom is -0.478 e. The Kier molecular flexibility index (Phi) is 3.15. The number of amides is 1. The first-order valence-electron chi connectivity index (χ1n) is 3.30. The third kappa shape index (κ3) is 3.48. The minimum absolute atomic E-state index is 0.444. The van der Waals surface area contributed by atoms with E-state index in [1.165, 1.54) is 11.3 Å². The van der Waals surface area contributed by atoms with Gasteiger partial charge in [-0.05, 0) is 0 Å². The van der Waals surface area contributed by atoms with Gasteiger partial charge in [-0.2, -0.15) is 0 Å². The van der Waals surface area contributed by atoms with Gasteiger partial charge in [-0.25, -0.2) is 9.78 Å². The number of anilines is 1. The topological polar surface area (TPSA) is 79.3 Å². The van der Waals surface area contributed by atoms with E-state index in [4.69, 9.17) is 5.11 Å². The fourth-order valence-corrected chi connectivity index (χ4v) is 1.11. The molecule has 0 bridgehead atoms. The van der Waals surface area contributed by atoms with Crippen molar-refractivity contribution in [3.8, 4) is 0 Å². The molecule has 0 radical (unpaired) electrons. The Morgan fingerprint density at radius 2 is 2.31 bits per heavy atom. The van der Waals surface area contributed by atoms with Crippen LogP contribution in [0.3, 0.4) is 0 Å². The highest BCUT2D eigenvalue weighted by atomic mass is 32.1. The number of carboxylic acid groups (broad SMARTS) is 1. The molecule has 68 valence electrons. The number of hydrogen-bond donors (Lipinski definition) is 2. The van der Waals surface area contributed by atoms with E-state index in [0.29, 0.717) is 5.13 Å². The summed E-state index contributed by atoms with van der Waals surface area (Å²) in [6.07, 6.45) is 3.24. The van der Waals surface area contributed by atoms with Crippen molar-refractivity contribution in [1.82, 2.24) is 4.98 Å². The Hall–Kier alpha value is -1.69. The monoisotopic (exact) mass is 198 g/mol. The summed E-state index contributed by atoms with van der Waals surface area (Å²) in [5.41, 5.74) is 0. The van der Waals surface area contributed by atoms with Crippen LogP contribution < -0.4 is 5.32 Å². The number of carboxylic acids is 1. The molecular weight excluding hydrogens is 192 g/mol. The molecule has 13 heavy (non-hydrogen) atoms. The molecule has 1 aromatic rings. The van der Waals surface area contributed by atoms with E-state index in [-0.39, 0.29) is 0 Å². The molecule has 0 spiro atoms. The summed E-state index contributed by atoms with van der Waals surface area (Å²) in [5.74, 6) is -1.66. The van der Waals surface area contributed by atoms with E-state index in [2.05, 4.69) is 10.3 Å². The van der Waals surface area contributed by atoms with Gasteiger partial charge in [-0.1, -0.05) is 0 Å². The van der Waals surface area contributed by atoms with E-state index in [1.54, 1.807) is 11.6 Å². The Morgan fingerprint density at radius 1 is 1.54 bits per heavy atom. The van der Waals surface area contributed by atoms with Crippen LogP contribution in [0.4, 0.5) is 5.13 Å². The highest BCUT2D eigenvalue weighted by Crippen LogP contribution is 2.09. The first-order chi connectivity index (χ1) is 6.18. The van der Waals surface area contributed by atoms with Crippen molar-refractivity contribution in [3.05, 3.63) is 23.7 Å². The Balaban J connectivity index is 2.47. The maximum atomic E-state index is 10.9. The number of rotatable bonds is 3. The van der Waals surface area contributed by atoms with E-state index in [9.17, 15) is 9.59 Å². The Labute approximate surface area is 77.7 Å². The van der Waals surface area contributed by atoms with Gasteiger partial charge in [0.1, 0.15) is 0 Å². The molecule has 1 aromatic heterocycles. The Morgan fingerprint density at radius 3 is 2.85 bits per heavy atom. The number of nitrogens with one attached hydrogen (secondary N) is 1. The molecule has 1 amide bonds. The lowest BCUT2D eigenvalue weighted by molar-refractivity contribution is -0.131. The molecular formula is C7H6N2O3S. The fourth-order valence-electron chi connectivity index (χ4n) is 0.579. The number of hydrogen-bond acceptors (Lipinski definition) is 4. The van der Waals surface area contributed by atoms with Crippen molar-refractivity contribution >= 4 is 28.3 Å². The van der Waals surface area contributed by atoms with Gasteiger partial charge in [-0.3, -0.25) is 10.1 Å². The maximum Gasteiger partial charge on any atom is 0.328 e. The third-order valence-corrected chi connectivity index (χ3v) is 1.73. The molecule has 1 heterocycles. The standard InChI is InChI=1S/C7H6N2O3S/c10-5(1-2-6(11)12)9-7-8-3-4-13-7/h1-4H,(H,11,12)(H,8,9,10)/b2-1-. The molecule has 5 nitrogen and oxygen atoms in total. The first kappa shape index (κ1) is 9.40. The van der Waals surface area contributed by atoms with E-state index in [0.717, 1.165) is 12.2 Å². The van der Waals surface area contributed by atoms with Gasteiger partial charge in [0.05, 0.1) is 0 Å². The quantitative estimate of drug-likeness (QED) is 0.701. The van der Waals surface area contributed by atoms with Crippen LogP contribution in [0.2, 0.25) is 0 Å². The lowest BCUT2D eigenvalue weighted by atomic mass is 10.5. The van der Waals surface area contributed by atoms with Gasteiger partial charge in [0, 0.05) is 23.7 Å². The number of carbonyl (C=O) groups is 2. The molecule has 0 fully saturated rings. The Bertz CT molecular complexity index is 332. The zero-order valence-electron chi connectivity index (χ0n) is 6.43. The summed E-state index contributed by atoms with van der Waals surface area (Å²) >= 11 is 1.26. The van der Waals surface area contributed by atoms with Gasteiger partial charge in [0.15, 0.2) is 5.13 Å². The van der Waals surface area contributed by atoms with Gasteiger partial charge < -0.3 is 5.11 Å². The summed E-state index contributed by atoms with van der Waals surface area (Å²) in [5, 5.41) is 12.8. The average Bonchev–Trinajstić information content (AvgIpc) is 2.53. The highest BCUT2D eigenvalue weighted by molar-refractivity contribution is 7.13. The maximum absolute atomic E-state index is 10.9. The number of aliphatic carboxylic acids is 1. The van der Waals surface area contributed by atoms with Crippen LogP contribution in [0.25, 0.3) is 0 Å². The second-order valence-corrected chi connectivity index (χ2v) is 2.89. The average molecular weight is 198 g/mol. The molecule has 0 saturated heterocycles. The second-order valence-electron chi connectivity index (χ2n) is 2.00. The highest BCUT2D eigenvalue weighted by Gasteiger charge is 1.99. The molecule has 0 atom stereocenters. The summed E-state index contributed by atoms with van der Waals surface area (Å²) in [7, 11) is 0. The predicted molar refractivity (Wildman–Crippen MR) is 47.5 cm³/mol. The van der Waals surface area contributed by atoms with Gasteiger partial charge in [0.2, 0.25) is 5.91 Å². The summed E-state index contributed by atoms with van der Waals surface area (Å²) in [6.45, 7) is 0. The minimum atomic E-state index is -1.16. The van der Waals surface area contributed by atoms with Crippen molar-refractivity contribution in [1.29, 1.82) is 0 Å². The molecule has 2 N–H and O–H groups in total. The van der Waals surface area contributed by atoms with Crippen molar-refractivity contribution in [2.75, 3.05) is 5.32 Å². The van der Waals surface area contributed by atoms with Gasteiger partial charge in [-0.15, -0.1) is 11.3 Å². The molecule has 6 heteroatoms. The molecule has 0 aliphatic carbocycles. The number of thiazole rings is 1. The van der Waals surface area contributed by atoms with Crippen molar-refractivity contribution in [3.63, 3.8) is 0 Å². The zero-order valence-corrected chi connectivity index (χ0v) is 7.25. The van der Waals surface area contributed by atoms with Crippen molar-refractivity contribution in [2.24, 2.45) is 0 Å². The van der Waals surface area contributed by atoms with Gasteiger partial charge in [0.25, 0.3) is 0 Å². The van der Waals surface area contributed by atoms with Crippen LogP contribution in [-0.4, -0.2) is 22.0 Å². The fraction of sp³-hybridized carbons (Fsp3) is 0. The summed E-state index contributed by atoms with van der Waals surface area (Å²) in [4.78, 5) is 24.7. The van der Waals surface area contributed by atoms with Crippen LogP contribution in [0.5, 0.6) is 0 Å². The van der Waals surface area contributed by atoms with E-state index < -0.39 is 11.9 Å². The number of carbonyl (C=O) groups excluding carboxylic acids is 1. The largest absolute Gasteiger partial charge is 0.478 e. The SMILES string of the molecule is O=C(O)/C=C\C(=O)Nc1nccs1. The molecule has 0 aliphatic rings. The smallest absolute Gasteiger partial charge is 0.328 e. The molecule has 0 saturated carbocycles. The zero-order chi connectivity index (χ0) is 9.68. The lowest BCUT2D eigenvalue weighted by Gasteiger charge is -1.93. The third-order valence-electron chi connectivity index (χ3n) is 1.04. The molecule has 0 unspecified atom stereocenters. The van der Waals surface area contributed by atoms with Crippen LogP contribution in [-0.2, 0) is 9.59 Å². The molecule has 0 aromatic carbocycles. The number of aromatic nitrogens is 1. The van der Waals surface area contributed by atoms with Crippen LogP contribution >= 0.6 is 11.3 Å². The van der Waals surface area contributed by atoms with Crippen LogP contribution in [0.15, 0.2) is 23.7 Å². The van der Waals surface area contributed by atoms with Crippen LogP contribution in [0.1, 0.15) is 0 Å². The first-order valence-corrected chi connectivity index (χ1v) is 4.18. The summed E-state index contributed by atoms with van der Waals surface area (Å²) in [6, 6.07) is 0. The second kappa shape index (κ2) is 4.36. The lowest BCUT2D eigenvalue weighted by Crippen LogP contribution is -2.08. The van der Waals surface area contributed by atoms with Crippen molar-refractivity contribution in [2.45, 2.75) is 0 Å². The van der Waals surface area contributed by atoms with E-state index >= 15 is 0 Å². The number of nitrogens with zero attached hydrogens (tertiary/aromatic N) is 1.